The van der Waals surface area contributed by atoms with Gasteiger partial charge in [0.2, 0.25) is 0 Å². The molecule has 0 saturated heterocycles. The number of thiophene rings is 1. The number of rotatable bonds is 8. The van der Waals surface area contributed by atoms with Gasteiger partial charge in [-0.05, 0) is 122 Å². The summed E-state index contributed by atoms with van der Waals surface area (Å²) in [5.41, 5.74) is 13.7. The van der Waals surface area contributed by atoms with Crippen molar-refractivity contribution in [1.82, 2.24) is 9.97 Å². The summed E-state index contributed by atoms with van der Waals surface area (Å²) < 4.78 is 1.22. The highest BCUT2D eigenvalue weighted by Crippen LogP contribution is 2.49. The van der Waals surface area contributed by atoms with Crippen molar-refractivity contribution < 1.29 is 5.11 Å². The molecule has 0 aliphatic rings. The predicted molar refractivity (Wildman–Crippen MR) is 247 cm³/mol. The summed E-state index contributed by atoms with van der Waals surface area (Å²) in [6.45, 7) is 18.2. The molecule has 5 heteroatoms. The molecular formula is C53H51N3OS. The molecular weight excluding hydrogens is 727 g/mol. The zero-order valence-electron chi connectivity index (χ0n) is 34.7. The minimum Gasteiger partial charge on any atom is -0.507 e. The lowest BCUT2D eigenvalue weighted by Crippen LogP contribution is -2.16. The predicted octanol–water partition coefficient (Wildman–Crippen LogP) is 15.3. The van der Waals surface area contributed by atoms with Gasteiger partial charge in [-0.15, -0.1) is 11.3 Å². The lowest BCUT2D eigenvalue weighted by molar-refractivity contribution is 0.477. The Morgan fingerprint density at radius 3 is 1.91 bits per heavy atom. The van der Waals surface area contributed by atoms with Gasteiger partial charge in [0.1, 0.15) is 11.6 Å². The number of aromatic nitrogens is 2. The second kappa shape index (κ2) is 15.4. The van der Waals surface area contributed by atoms with Crippen LogP contribution < -0.4 is 4.90 Å². The molecule has 8 aromatic rings. The van der Waals surface area contributed by atoms with Crippen LogP contribution in [-0.4, -0.2) is 15.1 Å². The van der Waals surface area contributed by atoms with E-state index in [2.05, 4.69) is 175 Å². The Hall–Kier alpha value is -6.04. The molecule has 0 unspecified atom stereocenters. The van der Waals surface area contributed by atoms with Crippen LogP contribution in [0.1, 0.15) is 78.0 Å². The van der Waals surface area contributed by atoms with E-state index < -0.39 is 0 Å². The lowest BCUT2D eigenvalue weighted by atomic mass is 9.79. The molecule has 0 spiro atoms. The van der Waals surface area contributed by atoms with Crippen molar-refractivity contribution in [2.24, 2.45) is 0 Å². The number of phenolic OH excluding ortho intramolecular Hbond substituents is 1. The van der Waals surface area contributed by atoms with Crippen molar-refractivity contribution in [2.45, 2.75) is 72.1 Å². The number of para-hydroxylation sites is 1. The van der Waals surface area contributed by atoms with Gasteiger partial charge in [-0.3, -0.25) is 4.90 Å². The molecule has 3 heterocycles. The third-order valence-corrected chi connectivity index (χ3v) is 11.9. The van der Waals surface area contributed by atoms with E-state index in [-0.39, 0.29) is 22.5 Å². The minimum atomic E-state index is -0.0439. The van der Waals surface area contributed by atoms with Crippen molar-refractivity contribution in [3.8, 4) is 50.5 Å². The summed E-state index contributed by atoms with van der Waals surface area (Å²) in [4.78, 5) is 12.6. The van der Waals surface area contributed by atoms with Crippen LogP contribution in [0.4, 0.5) is 17.2 Å². The zero-order valence-corrected chi connectivity index (χ0v) is 35.5. The topological polar surface area (TPSA) is 49.2 Å². The summed E-state index contributed by atoms with van der Waals surface area (Å²) >= 11 is 1.77. The van der Waals surface area contributed by atoms with Crippen molar-refractivity contribution in [2.75, 3.05) is 4.90 Å². The maximum Gasteiger partial charge on any atom is 0.137 e. The standard InChI is InChI=1S/C53H51N3OS/c1-34(2)44-33-45(35-17-10-9-11-18-35)42-24-26-58-51(42)50(44)56(49-23-14-15-25-54-49)41-20-16-19-36(29-41)46-30-38(31-47(55-46)43-21-12-13-22-48(43)57)37-27-39(52(3,4)5)32-40(28-37)53(6,7)8/h9-34,57H,1-8H3. The fourth-order valence-electron chi connectivity index (χ4n) is 7.66. The molecule has 0 atom stereocenters. The molecule has 4 nitrogen and oxygen atoms in total. The van der Waals surface area contributed by atoms with Gasteiger partial charge in [-0.1, -0.05) is 134 Å². The fourth-order valence-corrected chi connectivity index (χ4v) is 8.63. The quantitative estimate of drug-likeness (QED) is 0.167. The van der Waals surface area contributed by atoms with Gasteiger partial charge in [0.05, 0.1) is 21.8 Å². The van der Waals surface area contributed by atoms with Gasteiger partial charge in [0, 0.05) is 28.4 Å². The largest absolute Gasteiger partial charge is 0.507 e. The smallest absolute Gasteiger partial charge is 0.137 e. The minimum absolute atomic E-state index is 0.0439. The van der Waals surface area contributed by atoms with Crippen molar-refractivity contribution in [3.63, 3.8) is 0 Å². The molecule has 0 aliphatic heterocycles. The number of phenols is 1. The second-order valence-electron chi connectivity index (χ2n) is 17.6. The first-order valence-corrected chi connectivity index (χ1v) is 21.0. The Kier molecular flexibility index (Phi) is 10.3. The van der Waals surface area contributed by atoms with E-state index in [9.17, 15) is 5.11 Å². The summed E-state index contributed by atoms with van der Waals surface area (Å²) in [5.74, 6) is 1.28. The van der Waals surface area contributed by atoms with Crippen LogP contribution in [0.15, 0.2) is 151 Å². The molecule has 8 rings (SSSR count). The maximum absolute atomic E-state index is 11.1. The van der Waals surface area contributed by atoms with E-state index in [4.69, 9.17) is 9.97 Å². The Morgan fingerprint density at radius 2 is 1.24 bits per heavy atom. The first-order chi connectivity index (χ1) is 27.8. The molecule has 1 N–H and O–H groups in total. The number of anilines is 3. The van der Waals surface area contributed by atoms with Gasteiger partial charge < -0.3 is 5.11 Å². The first kappa shape index (κ1) is 38.8. The Morgan fingerprint density at radius 1 is 0.586 bits per heavy atom. The summed E-state index contributed by atoms with van der Waals surface area (Å²) in [5, 5.41) is 14.6. The lowest BCUT2D eigenvalue weighted by Gasteiger charge is -2.29. The maximum atomic E-state index is 11.1. The third-order valence-electron chi connectivity index (χ3n) is 11.0. The normalized spacial score (nSPS) is 12.0. The van der Waals surface area contributed by atoms with Gasteiger partial charge in [-0.2, -0.15) is 0 Å². The number of nitrogens with zero attached hydrogens (tertiary/aromatic N) is 3. The van der Waals surface area contributed by atoms with Gasteiger partial charge >= 0.3 is 0 Å². The van der Waals surface area contributed by atoms with Crippen molar-refractivity contribution >= 4 is 38.6 Å². The van der Waals surface area contributed by atoms with E-state index >= 15 is 0 Å². The second-order valence-corrected chi connectivity index (χ2v) is 18.5. The fraction of sp³-hybridized carbons (Fsp3) is 0.208. The average Bonchev–Trinajstić information content (AvgIpc) is 3.71. The van der Waals surface area contributed by atoms with E-state index in [1.165, 1.54) is 37.9 Å². The summed E-state index contributed by atoms with van der Waals surface area (Å²) in [7, 11) is 0. The van der Waals surface area contributed by atoms with Crippen LogP contribution in [0.3, 0.4) is 0 Å². The number of benzene rings is 5. The van der Waals surface area contributed by atoms with E-state index in [0.29, 0.717) is 5.56 Å². The summed E-state index contributed by atoms with van der Waals surface area (Å²) in [6.07, 6.45) is 1.87. The van der Waals surface area contributed by atoms with Crippen LogP contribution in [0, 0.1) is 0 Å². The van der Waals surface area contributed by atoms with Crippen LogP contribution >= 0.6 is 11.3 Å². The SMILES string of the molecule is CC(C)c1cc(-c2ccccc2)c2ccsc2c1N(c1cccc(-c2cc(-c3cc(C(C)(C)C)cc(C(C)(C)C)c3)cc(-c3ccccc3O)n2)c1)c1ccccn1. The van der Waals surface area contributed by atoms with Gasteiger partial charge in [-0.25, -0.2) is 9.97 Å². The van der Waals surface area contributed by atoms with Gasteiger partial charge in [0.25, 0.3) is 0 Å². The Bertz CT molecular complexity index is 2700. The highest BCUT2D eigenvalue weighted by atomic mass is 32.1. The molecule has 3 aromatic heterocycles. The van der Waals surface area contributed by atoms with Crippen LogP contribution in [0.2, 0.25) is 0 Å². The number of hydrogen-bond acceptors (Lipinski definition) is 5. The van der Waals surface area contributed by atoms with Gasteiger partial charge in [0.15, 0.2) is 0 Å². The monoisotopic (exact) mass is 777 g/mol. The van der Waals surface area contributed by atoms with Crippen LogP contribution in [-0.2, 0) is 10.8 Å². The number of pyridine rings is 2. The molecule has 0 saturated carbocycles. The molecule has 0 radical (unpaired) electrons. The molecule has 58 heavy (non-hydrogen) atoms. The Balaban J connectivity index is 1.36. The number of aromatic hydroxyl groups is 1. The van der Waals surface area contributed by atoms with Crippen molar-refractivity contribution in [1.29, 1.82) is 0 Å². The molecule has 0 aliphatic carbocycles. The van der Waals surface area contributed by atoms with Crippen molar-refractivity contribution in [3.05, 3.63) is 168 Å². The molecule has 290 valence electrons. The molecule has 0 amide bonds. The zero-order chi connectivity index (χ0) is 40.8. The number of fused-ring (bicyclic) bond motifs is 1. The highest BCUT2D eigenvalue weighted by molar-refractivity contribution is 7.18. The van der Waals surface area contributed by atoms with Crippen LogP contribution in [0.5, 0.6) is 5.75 Å². The molecule has 5 aromatic carbocycles. The number of hydrogen-bond donors (Lipinski definition) is 1. The third kappa shape index (κ3) is 7.67. The molecule has 0 bridgehead atoms. The molecule has 0 fully saturated rings. The Labute approximate surface area is 347 Å². The van der Waals surface area contributed by atoms with E-state index in [0.717, 1.165) is 45.3 Å². The van der Waals surface area contributed by atoms with E-state index in [1.54, 1.807) is 17.4 Å². The summed E-state index contributed by atoms with van der Waals surface area (Å²) in [6, 6.07) is 48.9. The average molecular weight is 778 g/mol. The van der Waals surface area contributed by atoms with Crippen LogP contribution in [0.25, 0.3) is 54.9 Å². The van der Waals surface area contributed by atoms with E-state index in [1.807, 2.05) is 30.5 Å². The first-order valence-electron chi connectivity index (χ1n) is 20.1. The highest BCUT2D eigenvalue weighted by Gasteiger charge is 2.26.